The fraction of sp³-hybridized carbons (Fsp3) is 0.333. The second-order valence-electron chi connectivity index (χ2n) is 2.85. The Balaban J connectivity index is -0.000000392. The molecule has 0 atom stereocenters. The minimum absolute atomic E-state index is 0. The van der Waals surface area contributed by atoms with Crippen molar-refractivity contribution < 1.29 is 56.7 Å². The van der Waals surface area contributed by atoms with Crippen molar-refractivity contribution in [3.05, 3.63) is 30.9 Å². The Hall–Kier alpha value is -0.808. The van der Waals surface area contributed by atoms with E-state index in [1.165, 1.54) is 0 Å². The van der Waals surface area contributed by atoms with Crippen molar-refractivity contribution in [2.45, 2.75) is 19.3 Å². The second kappa shape index (κ2) is 8.32. The summed E-state index contributed by atoms with van der Waals surface area (Å²) < 4.78 is 68.1. The Labute approximate surface area is 113 Å². The first-order valence-corrected chi connectivity index (χ1v) is 3.85. The topological polar surface area (TPSA) is 37.3 Å². The molecule has 0 bridgehead atoms. The van der Waals surface area contributed by atoms with Crippen molar-refractivity contribution in [1.82, 2.24) is 0 Å². The molecule has 0 aromatic carbocycles. The molecule has 0 spiro atoms. The van der Waals surface area contributed by atoms with E-state index in [1.807, 2.05) is 6.92 Å². The Morgan fingerprint density at radius 2 is 1.39 bits per heavy atom. The average molecular weight is 370 g/mol. The molecule has 0 rings (SSSR count). The van der Waals surface area contributed by atoms with E-state index in [0.29, 0.717) is 0 Å². The van der Waals surface area contributed by atoms with Crippen LogP contribution in [0.5, 0.6) is 0 Å². The number of ketones is 1. The van der Waals surface area contributed by atoms with Gasteiger partial charge in [0.15, 0.2) is 0 Å². The number of aliphatic hydroxyl groups excluding tert-OH is 1. The second-order valence-corrected chi connectivity index (χ2v) is 2.85. The van der Waals surface area contributed by atoms with Crippen LogP contribution in [-0.2, 0) is 25.2 Å². The van der Waals surface area contributed by atoms with Crippen molar-refractivity contribution in [2.24, 2.45) is 0 Å². The van der Waals surface area contributed by atoms with E-state index in [9.17, 15) is 31.1 Å². The summed E-state index contributed by atoms with van der Waals surface area (Å²) >= 11 is 0. The van der Waals surface area contributed by atoms with Crippen molar-refractivity contribution in [3.63, 3.8) is 0 Å². The van der Waals surface area contributed by atoms with Crippen molar-refractivity contribution in [2.75, 3.05) is 0 Å². The van der Waals surface area contributed by atoms with Crippen LogP contribution in [0.1, 0.15) is 6.92 Å². The third kappa shape index (κ3) is 13.3. The van der Waals surface area contributed by atoms with E-state index in [0.717, 1.165) is 5.57 Å². The zero-order chi connectivity index (χ0) is 14.4. The molecule has 0 heterocycles. The maximum absolute atomic E-state index is 11.4. The van der Waals surface area contributed by atoms with Crippen LogP contribution >= 0.6 is 0 Å². The number of carbonyl (C=O) groups is 1. The molecule has 2 nitrogen and oxygen atoms in total. The first kappa shape index (κ1) is 22.4. The average Bonchev–Trinajstić information content (AvgIpc) is 1.98. The van der Waals surface area contributed by atoms with Gasteiger partial charge in [0, 0.05) is 26.5 Å². The maximum atomic E-state index is 11.4. The van der Waals surface area contributed by atoms with Gasteiger partial charge in [0.25, 0.3) is 5.78 Å². The van der Waals surface area contributed by atoms with Gasteiger partial charge in [-0.15, -0.1) is 6.58 Å². The van der Waals surface area contributed by atoms with Crippen molar-refractivity contribution in [1.29, 1.82) is 0 Å². The van der Waals surface area contributed by atoms with E-state index < -0.39 is 30.0 Å². The molecular formula is C9H9F6O2Pd. The maximum Gasteiger partial charge on any atom is 0.454 e. The van der Waals surface area contributed by atoms with Gasteiger partial charge in [-0.05, 0) is 13.8 Å². The number of halogens is 6. The quantitative estimate of drug-likeness (QED) is 0.332. The van der Waals surface area contributed by atoms with Gasteiger partial charge in [0.2, 0.25) is 5.76 Å². The number of hydrogen-bond acceptors (Lipinski definition) is 2. The molecule has 0 aromatic rings. The van der Waals surface area contributed by atoms with Crippen LogP contribution < -0.4 is 0 Å². The largest absolute Gasteiger partial charge is 0.504 e. The minimum atomic E-state index is -5.42. The normalized spacial score (nSPS) is 11.9. The molecule has 0 aliphatic heterocycles. The molecule has 18 heavy (non-hydrogen) atoms. The van der Waals surface area contributed by atoms with Gasteiger partial charge < -0.3 is 5.11 Å². The van der Waals surface area contributed by atoms with Gasteiger partial charge in [-0.2, -0.15) is 26.3 Å². The first-order chi connectivity index (χ1) is 7.28. The third-order valence-electron chi connectivity index (χ3n) is 0.838. The van der Waals surface area contributed by atoms with Gasteiger partial charge in [-0.1, -0.05) is 5.57 Å². The smallest absolute Gasteiger partial charge is 0.454 e. The predicted molar refractivity (Wildman–Crippen MR) is 48.0 cm³/mol. The standard InChI is InChI=1S/C5H2F6O2.C4H7.Pd/c6-4(7,8)2(12)1-3(13)5(9,10)11;1-4(2)3;/h1,12H;1-2H2,3H3;/b2-1-;;. The molecule has 0 unspecified atom stereocenters. The van der Waals surface area contributed by atoms with Crippen LogP contribution in [0, 0.1) is 6.92 Å². The van der Waals surface area contributed by atoms with Gasteiger partial charge in [0.05, 0.1) is 0 Å². The van der Waals surface area contributed by atoms with E-state index in [-0.39, 0.29) is 20.4 Å². The van der Waals surface area contributed by atoms with Crippen molar-refractivity contribution in [3.8, 4) is 0 Å². The summed E-state index contributed by atoms with van der Waals surface area (Å²) in [5, 5.41) is 7.93. The molecule has 0 aliphatic carbocycles. The summed E-state index contributed by atoms with van der Waals surface area (Å²) in [5.41, 5.74) is 0.917. The Morgan fingerprint density at radius 3 is 1.56 bits per heavy atom. The number of alkyl halides is 6. The number of allylic oxidation sites excluding steroid dienone is 3. The zero-order valence-electron chi connectivity index (χ0n) is 8.93. The fourth-order valence-electron chi connectivity index (χ4n) is 0.288. The Kier molecular flexibility index (Phi) is 10.3. The van der Waals surface area contributed by atoms with Crippen molar-refractivity contribution >= 4 is 5.78 Å². The van der Waals surface area contributed by atoms with Gasteiger partial charge in [0.1, 0.15) is 0 Å². The Bertz CT molecular complexity index is 312. The van der Waals surface area contributed by atoms with Gasteiger partial charge in [-0.25, -0.2) is 0 Å². The number of hydrogen-bond donors (Lipinski definition) is 1. The molecule has 109 valence electrons. The summed E-state index contributed by atoms with van der Waals surface area (Å²) in [4.78, 5) is 9.86. The molecule has 1 radical (unpaired) electrons. The predicted octanol–water partition coefficient (Wildman–Crippen LogP) is 3.52. The van der Waals surface area contributed by atoms with Crippen LogP contribution in [0.4, 0.5) is 26.3 Å². The molecule has 0 aromatic heterocycles. The van der Waals surface area contributed by atoms with Crippen LogP contribution in [0.2, 0.25) is 0 Å². The fourth-order valence-corrected chi connectivity index (χ4v) is 0.288. The number of carbonyl (C=O) groups excluding carboxylic acids is 1. The molecule has 1 N–H and O–H groups in total. The van der Waals surface area contributed by atoms with Crippen LogP contribution in [0.15, 0.2) is 24.0 Å². The summed E-state index contributed by atoms with van der Waals surface area (Å²) in [6.07, 6.45) is -11.7. The van der Waals surface area contributed by atoms with Crippen LogP contribution in [-0.4, -0.2) is 23.2 Å². The molecule has 0 amide bonds. The molecule has 9 heteroatoms. The first-order valence-electron chi connectivity index (χ1n) is 3.85. The van der Waals surface area contributed by atoms with Crippen LogP contribution in [0.3, 0.4) is 0 Å². The van der Waals surface area contributed by atoms with E-state index in [2.05, 4.69) is 13.5 Å². The van der Waals surface area contributed by atoms with E-state index in [4.69, 9.17) is 5.11 Å². The molecule has 0 fully saturated rings. The molecule has 0 saturated heterocycles. The SMILES string of the molecule is O=C(/C=C(\O)C(F)(F)F)C(F)(F)F.[CH2]C(=C)C.[Pd]. The summed E-state index contributed by atoms with van der Waals surface area (Å²) in [5.74, 6) is -5.34. The zero-order valence-corrected chi connectivity index (χ0v) is 10.5. The molecule has 0 aliphatic rings. The summed E-state index contributed by atoms with van der Waals surface area (Å²) in [6.45, 7) is 8.75. The van der Waals surface area contributed by atoms with E-state index >= 15 is 0 Å². The van der Waals surface area contributed by atoms with Crippen LogP contribution in [0.25, 0.3) is 0 Å². The monoisotopic (exact) mass is 369 g/mol. The Morgan fingerprint density at radius 1 is 1.11 bits per heavy atom. The summed E-state index contributed by atoms with van der Waals surface area (Å²) in [7, 11) is 0. The van der Waals surface area contributed by atoms with Gasteiger partial charge in [-0.3, -0.25) is 4.79 Å². The molecular weight excluding hydrogens is 361 g/mol. The number of aliphatic hydroxyl groups is 1. The van der Waals surface area contributed by atoms with Gasteiger partial charge >= 0.3 is 12.4 Å². The van der Waals surface area contributed by atoms with E-state index in [1.54, 1.807) is 0 Å². The summed E-state index contributed by atoms with van der Waals surface area (Å²) in [6, 6.07) is 0. The number of rotatable bonds is 1. The molecule has 0 saturated carbocycles. The third-order valence-corrected chi connectivity index (χ3v) is 0.838. The minimum Gasteiger partial charge on any atom is -0.504 e.